The number of epoxide rings is 1. The Kier molecular flexibility index (Phi) is 10.9. The summed E-state index contributed by atoms with van der Waals surface area (Å²) in [7, 11) is 1.56. The molecule has 1 saturated heterocycles. The molecule has 0 unspecified atom stereocenters. The zero-order valence-corrected chi connectivity index (χ0v) is 24.6. The fraction of sp³-hybridized carbons (Fsp3) is 0.625. The van der Waals surface area contributed by atoms with Crippen molar-refractivity contribution in [2.45, 2.75) is 94.9 Å². The quantitative estimate of drug-likeness (QED) is 0.181. The van der Waals surface area contributed by atoms with Gasteiger partial charge >= 0.3 is 0 Å². The Labute approximate surface area is 247 Å². The zero-order chi connectivity index (χ0) is 30.3. The minimum absolute atomic E-state index is 0.184. The number of aliphatic hydroxyl groups excluding tert-OH is 2. The number of hydrogen-bond donors (Lipinski definition) is 4. The van der Waals surface area contributed by atoms with Crippen LogP contribution < -0.4 is 15.4 Å². The van der Waals surface area contributed by atoms with Crippen LogP contribution in [0.1, 0.15) is 70.3 Å². The van der Waals surface area contributed by atoms with Gasteiger partial charge in [-0.05, 0) is 82.4 Å². The van der Waals surface area contributed by atoms with E-state index >= 15 is 0 Å². The average Bonchev–Trinajstić information content (AvgIpc) is 3.53. The smallest absolute Gasteiger partial charge is 0.224 e. The van der Waals surface area contributed by atoms with E-state index in [1.807, 2.05) is 12.1 Å². The molecule has 3 aliphatic rings. The number of rotatable bonds is 15. The van der Waals surface area contributed by atoms with Gasteiger partial charge in [0.15, 0.2) is 11.6 Å². The number of allylic oxidation sites excluding steroid dienone is 1. The van der Waals surface area contributed by atoms with Gasteiger partial charge in [0.05, 0.1) is 32.5 Å². The standard InChI is InChI=1S/C32H44N2O8/c1-32(19-42-32)29(38)26(16-20-5-3-4-6-20)33-31(40)23(15-21-7-13-25(41-2)14-8-21)17-28(37)27(18-35)34-30(39)22-9-11-24(36)12-10-22/h5,7-8,13-14,22-24,26-27,35-36H,3-4,6,9-12,15-19H2,1-2H3,(H,33,40)(H,34,39)/t22?,23-,24?,26+,27-,32-/m1/s1. The van der Waals surface area contributed by atoms with Crippen molar-refractivity contribution < 1.29 is 38.9 Å². The molecule has 0 spiro atoms. The summed E-state index contributed by atoms with van der Waals surface area (Å²) in [5.41, 5.74) is 1.01. The van der Waals surface area contributed by atoms with Gasteiger partial charge in [0.1, 0.15) is 17.4 Å². The average molecular weight is 585 g/mol. The van der Waals surface area contributed by atoms with Gasteiger partial charge in [-0.1, -0.05) is 23.8 Å². The molecule has 0 radical (unpaired) electrons. The summed E-state index contributed by atoms with van der Waals surface area (Å²) in [4.78, 5) is 53.3. The maximum atomic E-state index is 13.8. The van der Waals surface area contributed by atoms with Gasteiger partial charge in [-0.15, -0.1) is 0 Å². The summed E-state index contributed by atoms with van der Waals surface area (Å²) in [6.45, 7) is 1.43. The van der Waals surface area contributed by atoms with Crippen LogP contribution in [-0.4, -0.2) is 77.7 Å². The Morgan fingerprint density at radius 1 is 1.05 bits per heavy atom. The summed E-state index contributed by atoms with van der Waals surface area (Å²) < 4.78 is 10.6. The fourth-order valence-corrected chi connectivity index (χ4v) is 5.85. The molecule has 0 aromatic heterocycles. The Morgan fingerprint density at radius 3 is 2.31 bits per heavy atom. The van der Waals surface area contributed by atoms with Gasteiger partial charge in [-0.3, -0.25) is 19.2 Å². The van der Waals surface area contributed by atoms with Crippen molar-refractivity contribution >= 4 is 23.4 Å². The van der Waals surface area contributed by atoms with Crippen LogP contribution in [-0.2, 0) is 30.3 Å². The number of Topliss-reactive ketones (excluding diaryl/α,β-unsaturated/α-hetero) is 2. The van der Waals surface area contributed by atoms with E-state index in [2.05, 4.69) is 16.7 Å². The molecule has 1 saturated carbocycles. The van der Waals surface area contributed by atoms with Gasteiger partial charge in [-0.2, -0.15) is 0 Å². The normalized spacial score (nSPS) is 25.5. The lowest BCUT2D eigenvalue weighted by atomic mass is 9.86. The Balaban J connectivity index is 1.48. The van der Waals surface area contributed by atoms with Crippen LogP contribution in [0.25, 0.3) is 0 Å². The zero-order valence-electron chi connectivity index (χ0n) is 24.6. The topological polar surface area (TPSA) is 155 Å². The highest BCUT2D eigenvalue weighted by atomic mass is 16.6. The second kappa shape index (κ2) is 14.4. The molecular formula is C32H44N2O8. The molecule has 42 heavy (non-hydrogen) atoms. The minimum atomic E-state index is -1.16. The highest BCUT2D eigenvalue weighted by Gasteiger charge is 2.50. The number of methoxy groups -OCH3 is 1. The molecule has 230 valence electrons. The van der Waals surface area contributed by atoms with Crippen molar-refractivity contribution in [2.75, 3.05) is 20.3 Å². The number of carbonyl (C=O) groups excluding carboxylic acids is 4. The third-order valence-electron chi connectivity index (χ3n) is 8.75. The first-order valence-corrected chi connectivity index (χ1v) is 15.0. The summed E-state index contributed by atoms with van der Waals surface area (Å²) in [5, 5.41) is 25.3. The molecule has 1 heterocycles. The lowest BCUT2D eigenvalue weighted by Crippen LogP contribution is -2.50. The van der Waals surface area contributed by atoms with Gasteiger partial charge in [-0.25, -0.2) is 0 Å². The highest BCUT2D eigenvalue weighted by molar-refractivity contribution is 5.98. The first-order valence-electron chi connectivity index (χ1n) is 15.0. The van der Waals surface area contributed by atoms with Crippen molar-refractivity contribution in [3.63, 3.8) is 0 Å². The minimum Gasteiger partial charge on any atom is -0.497 e. The number of amides is 2. The maximum Gasteiger partial charge on any atom is 0.224 e. The number of benzene rings is 1. The highest BCUT2D eigenvalue weighted by Crippen LogP contribution is 2.32. The maximum absolute atomic E-state index is 13.8. The van der Waals surface area contributed by atoms with Crippen LogP contribution in [0.3, 0.4) is 0 Å². The van der Waals surface area contributed by atoms with E-state index < -0.39 is 48.0 Å². The molecule has 1 aromatic carbocycles. The van der Waals surface area contributed by atoms with E-state index in [0.717, 1.165) is 30.4 Å². The van der Waals surface area contributed by atoms with E-state index in [4.69, 9.17) is 9.47 Å². The lowest BCUT2D eigenvalue weighted by molar-refractivity contribution is -0.135. The summed E-state index contributed by atoms with van der Waals surface area (Å²) in [5.74, 6) is -1.95. The summed E-state index contributed by atoms with van der Waals surface area (Å²) >= 11 is 0. The Morgan fingerprint density at radius 2 is 1.74 bits per heavy atom. The molecule has 2 aliphatic carbocycles. The number of ether oxygens (including phenoxy) is 2. The third-order valence-corrected chi connectivity index (χ3v) is 8.75. The van der Waals surface area contributed by atoms with Crippen molar-refractivity contribution in [2.24, 2.45) is 11.8 Å². The monoisotopic (exact) mass is 584 g/mol. The first-order chi connectivity index (χ1) is 20.1. The Hall–Kier alpha value is -3.08. The van der Waals surface area contributed by atoms with Crippen molar-refractivity contribution in [1.29, 1.82) is 0 Å². The van der Waals surface area contributed by atoms with Crippen LogP contribution in [0, 0.1) is 11.8 Å². The molecule has 2 amide bonds. The van der Waals surface area contributed by atoms with Crippen LogP contribution in [0.2, 0.25) is 0 Å². The van der Waals surface area contributed by atoms with Crippen molar-refractivity contribution in [3.05, 3.63) is 41.5 Å². The number of hydrogen-bond acceptors (Lipinski definition) is 8. The second-order valence-corrected chi connectivity index (χ2v) is 12.1. The van der Waals surface area contributed by atoms with Crippen molar-refractivity contribution in [1.82, 2.24) is 10.6 Å². The molecular weight excluding hydrogens is 540 g/mol. The van der Waals surface area contributed by atoms with Crippen LogP contribution in [0.4, 0.5) is 0 Å². The molecule has 1 aliphatic heterocycles. The van der Waals surface area contributed by atoms with E-state index in [-0.39, 0.29) is 30.4 Å². The molecule has 0 bridgehead atoms. The predicted octanol–water partition coefficient (Wildman–Crippen LogP) is 2.18. The van der Waals surface area contributed by atoms with Crippen LogP contribution >= 0.6 is 0 Å². The van der Waals surface area contributed by atoms with Gasteiger partial charge < -0.3 is 30.3 Å². The Bertz CT molecular complexity index is 1150. The van der Waals surface area contributed by atoms with Gasteiger partial charge in [0.2, 0.25) is 11.8 Å². The number of ketones is 2. The molecule has 2 fully saturated rings. The van der Waals surface area contributed by atoms with Crippen LogP contribution in [0.5, 0.6) is 5.75 Å². The predicted molar refractivity (Wildman–Crippen MR) is 155 cm³/mol. The SMILES string of the molecule is COc1ccc(C[C@H](CC(=O)[C@@H](CO)NC(=O)C2CCC(O)CC2)C(=O)N[C@@H](CC2=CCCC2)C(=O)[C@@]2(C)CO2)cc1. The molecule has 1 aromatic rings. The van der Waals surface area contributed by atoms with Crippen LogP contribution in [0.15, 0.2) is 35.9 Å². The third kappa shape index (κ3) is 8.49. The second-order valence-electron chi connectivity index (χ2n) is 12.1. The van der Waals surface area contributed by atoms with E-state index in [0.29, 0.717) is 44.5 Å². The summed E-state index contributed by atoms with van der Waals surface area (Å²) in [6, 6.07) is 5.24. The number of carbonyl (C=O) groups is 4. The van der Waals surface area contributed by atoms with Gasteiger partial charge in [0.25, 0.3) is 0 Å². The molecule has 10 nitrogen and oxygen atoms in total. The molecule has 4 N–H and O–H groups in total. The number of nitrogens with one attached hydrogen (secondary N) is 2. The van der Waals surface area contributed by atoms with E-state index in [1.165, 1.54) is 0 Å². The number of aliphatic hydroxyl groups is 2. The van der Waals surface area contributed by atoms with E-state index in [9.17, 15) is 29.4 Å². The van der Waals surface area contributed by atoms with E-state index in [1.54, 1.807) is 26.2 Å². The lowest BCUT2D eigenvalue weighted by Gasteiger charge is -2.27. The largest absolute Gasteiger partial charge is 0.497 e. The first kappa shape index (κ1) is 31.8. The molecule has 4 rings (SSSR count). The van der Waals surface area contributed by atoms with Crippen molar-refractivity contribution in [3.8, 4) is 5.75 Å². The molecule has 10 heteroatoms. The summed E-state index contributed by atoms with van der Waals surface area (Å²) in [6.07, 6.45) is 6.97. The fourth-order valence-electron chi connectivity index (χ4n) is 5.85. The molecule has 4 atom stereocenters. The van der Waals surface area contributed by atoms with Gasteiger partial charge in [0, 0.05) is 18.3 Å².